The molecule has 0 unspecified atom stereocenters. The molecule has 17 heavy (non-hydrogen) atoms. The molecule has 88 valence electrons. The molecule has 0 aliphatic rings. The predicted molar refractivity (Wildman–Crippen MR) is 71.8 cm³/mol. The van der Waals surface area contributed by atoms with Gasteiger partial charge < -0.3 is 9.88 Å². The number of nitrogens with zero attached hydrogens (tertiary/aromatic N) is 2. The normalized spacial score (nSPS) is 10.3. The molecule has 0 amide bonds. The van der Waals surface area contributed by atoms with Gasteiger partial charge in [-0.15, -0.1) is 0 Å². The Balaban J connectivity index is 2.43. The Morgan fingerprint density at radius 2 is 1.94 bits per heavy atom. The van der Waals surface area contributed by atoms with Gasteiger partial charge in [-0.2, -0.15) is 0 Å². The molecule has 2 aromatic rings. The van der Waals surface area contributed by atoms with Gasteiger partial charge in [-0.1, -0.05) is 17.7 Å². The quantitative estimate of drug-likeness (QED) is 0.926. The molecule has 0 radical (unpaired) electrons. The summed E-state index contributed by atoms with van der Waals surface area (Å²) in [5, 5.41) is 0. The summed E-state index contributed by atoms with van der Waals surface area (Å²) >= 11 is 3.24. The third kappa shape index (κ3) is 2.39. The number of anilines is 2. The number of rotatable bonds is 2. The number of H-pyrrole nitrogens is 1. The topological polar surface area (TPSA) is 49.0 Å². The third-order valence-corrected chi connectivity index (χ3v) is 3.23. The third-order valence-electron chi connectivity index (χ3n) is 2.52. The summed E-state index contributed by atoms with van der Waals surface area (Å²) < 4.78 is 0.433. The van der Waals surface area contributed by atoms with Crippen molar-refractivity contribution in [3.63, 3.8) is 0 Å². The minimum atomic E-state index is -0.186. The average Bonchev–Trinajstić information content (AvgIpc) is 2.33. The predicted octanol–water partition coefficient (Wildman–Crippen LogP) is 2.61. The summed E-state index contributed by atoms with van der Waals surface area (Å²) in [7, 11) is 1.87. The summed E-state index contributed by atoms with van der Waals surface area (Å²) in [6.07, 6.45) is 1.40. The van der Waals surface area contributed by atoms with Crippen LogP contribution >= 0.6 is 15.9 Å². The molecule has 0 aliphatic carbocycles. The molecule has 5 heteroatoms. The zero-order valence-corrected chi connectivity index (χ0v) is 11.2. The Labute approximate surface area is 107 Å². The molecule has 4 nitrogen and oxygen atoms in total. The smallest absolute Gasteiger partial charge is 0.267 e. The minimum absolute atomic E-state index is 0.186. The summed E-state index contributed by atoms with van der Waals surface area (Å²) in [4.78, 5) is 20.0. The SMILES string of the molecule is Cc1ccc(N(C)c2nc[nH]c(=O)c2Br)cc1. The Bertz CT molecular complexity index is 577. The van der Waals surface area contributed by atoms with E-state index in [4.69, 9.17) is 0 Å². The van der Waals surface area contributed by atoms with Crippen LogP contribution in [0.15, 0.2) is 39.9 Å². The number of hydrogen-bond acceptors (Lipinski definition) is 3. The van der Waals surface area contributed by atoms with Gasteiger partial charge >= 0.3 is 0 Å². The molecule has 2 rings (SSSR count). The Morgan fingerprint density at radius 1 is 1.29 bits per heavy atom. The van der Waals surface area contributed by atoms with Crippen molar-refractivity contribution >= 4 is 27.4 Å². The lowest BCUT2D eigenvalue weighted by Crippen LogP contribution is -2.17. The van der Waals surface area contributed by atoms with Crippen LogP contribution in [0.1, 0.15) is 5.56 Å². The van der Waals surface area contributed by atoms with Crippen molar-refractivity contribution < 1.29 is 0 Å². The lowest BCUT2D eigenvalue weighted by Gasteiger charge is -2.19. The van der Waals surface area contributed by atoms with Gasteiger partial charge in [-0.05, 0) is 35.0 Å². The highest BCUT2D eigenvalue weighted by Crippen LogP contribution is 2.25. The van der Waals surface area contributed by atoms with E-state index in [2.05, 4.69) is 25.9 Å². The second-order valence-corrected chi connectivity index (χ2v) is 4.56. The van der Waals surface area contributed by atoms with E-state index in [0.29, 0.717) is 10.3 Å². The first-order valence-electron chi connectivity index (χ1n) is 5.13. The summed E-state index contributed by atoms with van der Waals surface area (Å²) in [5.74, 6) is 0.595. The molecule has 1 heterocycles. The van der Waals surface area contributed by atoms with E-state index in [0.717, 1.165) is 5.69 Å². The van der Waals surface area contributed by atoms with Crippen LogP contribution in [0.25, 0.3) is 0 Å². The highest BCUT2D eigenvalue weighted by atomic mass is 79.9. The van der Waals surface area contributed by atoms with Gasteiger partial charge in [0, 0.05) is 12.7 Å². The maximum absolute atomic E-state index is 11.5. The molecule has 0 saturated heterocycles. The fourth-order valence-electron chi connectivity index (χ4n) is 1.50. The number of halogens is 1. The van der Waals surface area contributed by atoms with E-state index in [9.17, 15) is 4.79 Å². The Kier molecular flexibility index (Phi) is 3.28. The molecule has 1 aromatic carbocycles. The number of hydrogen-bond donors (Lipinski definition) is 1. The molecule has 0 spiro atoms. The van der Waals surface area contributed by atoms with E-state index >= 15 is 0 Å². The van der Waals surface area contributed by atoms with Crippen LogP contribution in [0.3, 0.4) is 0 Å². The molecule has 1 N–H and O–H groups in total. The van der Waals surface area contributed by atoms with Gasteiger partial charge in [-0.25, -0.2) is 4.98 Å². The van der Waals surface area contributed by atoms with Crippen molar-refractivity contribution in [3.8, 4) is 0 Å². The minimum Gasteiger partial charge on any atom is -0.328 e. The molecule has 0 aliphatic heterocycles. The second kappa shape index (κ2) is 4.71. The van der Waals surface area contributed by atoms with Gasteiger partial charge in [-0.3, -0.25) is 4.79 Å². The fraction of sp³-hybridized carbons (Fsp3) is 0.167. The zero-order chi connectivity index (χ0) is 12.4. The summed E-state index contributed by atoms with van der Waals surface area (Å²) in [6, 6.07) is 8.02. The van der Waals surface area contributed by atoms with Crippen molar-refractivity contribution in [1.29, 1.82) is 0 Å². The van der Waals surface area contributed by atoms with Crippen molar-refractivity contribution in [1.82, 2.24) is 9.97 Å². The van der Waals surface area contributed by atoms with Crippen molar-refractivity contribution in [2.45, 2.75) is 6.92 Å². The average molecular weight is 294 g/mol. The number of aromatic nitrogens is 2. The largest absolute Gasteiger partial charge is 0.328 e. The summed E-state index contributed by atoms with van der Waals surface area (Å²) in [5.41, 5.74) is 1.99. The first-order valence-corrected chi connectivity index (χ1v) is 5.92. The number of benzene rings is 1. The van der Waals surface area contributed by atoms with Crippen LogP contribution < -0.4 is 10.5 Å². The lowest BCUT2D eigenvalue weighted by molar-refractivity contribution is 1.04. The van der Waals surface area contributed by atoms with Crippen molar-refractivity contribution in [2.75, 3.05) is 11.9 Å². The molecule has 0 saturated carbocycles. The van der Waals surface area contributed by atoms with Crippen molar-refractivity contribution in [2.24, 2.45) is 0 Å². The number of aromatic amines is 1. The second-order valence-electron chi connectivity index (χ2n) is 3.76. The van der Waals surface area contributed by atoms with Gasteiger partial charge in [0.1, 0.15) is 4.47 Å². The van der Waals surface area contributed by atoms with Crippen molar-refractivity contribution in [3.05, 3.63) is 51.0 Å². The number of nitrogens with one attached hydrogen (secondary N) is 1. The fourth-order valence-corrected chi connectivity index (χ4v) is 1.98. The van der Waals surface area contributed by atoms with Crippen LogP contribution in [0.2, 0.25) is 0 Å². The molecular weight excluding hydrogens is 282 g/mol. The van der Waals surface area contributed by atoms with Crippen LogP contribution in [0, 0.1) is 6.92 Å². The Morgan fingerprint density at radius 3 is 2.59 bits per heavy atom. The highest BCUT2D eigenvalue weighted by molar-refractivity contribution is 9.10. The van der Waals surface area contributed by atoms with E-state index in [1.807, 2.05) is 43.1 Å². The van der Waals surface area contributed by atoms with E-state index in [1.165, 1.54) is 11.9 Å². The van der Waals surface area contributed by atoms with Crippen LogP contribution in [-0.4, -0.2) is 17.0 Å². The highest BCUT2D eigenvalue weighted by Gasteiger charge is 2.11. The van der Waals surface area contributed by atoms with Crippen LogP contribution in [-0.2, 0) is 0 Å². The maximum Gasteiger partial charge on any atom is 0.267 e. The van der Waals surface area contributed by atoms with Crippen LogP contribution in [0.4, 0.5) is 11.5 Å². The molecule has 0 fully saturated rings. The number of aryl methyl sites for hydroxylation is 1. The van der Waals surface area contributed by atoms with E-state index < -0.39 is 0 Å². The van der Waals surface area contributed by atoms with Gasteiger partial charge in [0.25, 0.3) is 5.56 Å². The molecule has 0 atom stereocenters. The lowest BCUT2D eigenvalue weighted by atomic mass is 10.2. The first kappa shape index (κ1) is 11.9. The molecule has 1 aromatic heterocycles. The van der Waals surface area contributed by atoms with E-state index in [-0.39, 0.29) is 5.56 Å². The van der Waals surface area contributed by atoms with E-state index in [1.54, 1.807) is 0 Å². The van der Waals surface area contributed by atoms with Gasteiger partial charge in [0.15, 0.2) is 5.82 Å². The van der Waals surface area contributed by atoms with Gasteiger partial charge in [0.05, 0.1) is 6.33 Å². The maximum atomic E-state index is 11.5. The first-order chi connectivity index (χ1) is 8.09. The monoisotopic (exact) mass is 293 g/mol. The summed E-state index contributed by atoms with van der Waals surface area (Å²) in [6.45, 7) is 2.03. The molecular formula is C12H12BrN3O. The standard InChI is InChI=1S/C12H12BrN3O/c1-8-3-5-9(6-4-8)16(2)11-10(13)12(17)15-7-14-11/h3-7H,1-2H3,(H,14,15,17). The zero-order valence-electron chi connectivity index (χ0n) is 9.57. The Hall–Kier alpha value is -1.62. The molecule has 0 bridgehead atoms. The van der Waals surface area contributed by atoms with Gasteiger partial charge in [0.2, 0.25) is 0 Å². The van der Waals surface area contributed by atoms with Crippen LogP contribution in [0.5, 0.6) is 0 Å².